The van der Waals surface area contributed by atoms with Gasteiger partial charge in [0.15, 0.2) is 0 Å². The molecule has 0 radical (unpaired) electrons. The minimum absolute atomic E-state index is 0.128. The van der Waals surface area contributed by atoms with E-state index in [0.717, 1.165) is 13.0 Å². The maximum absolute atomic E-state index is 15.2. The van der Waals surface area contributed by atoms with Crippen molar-refractivity contribution >= 4 is 34.1 Å². The molecule has 2 aromatic heterocycles. The predicted molar refractivity (Wildman–Crippen MR) is 143 cm³/mol. The Labute approximate surface area is 219 Å². The minimum atomic E-state index is -0.770. The van der Waals surface area contributed by atoms with Crippen molar-refractivity contribution in [2.24, 2.45) is 5.92 Å². The number of anilines is 2. The average molecular weight is 524 g/mol. The van der Waals surface area contributed by atoms with Gasteiger partial charge in [0.1, 0.15) is 11.6 Å². The molecule has 2 aromatic carbocycles. The maximum Gasteiger partial charge on any atom is 0.225 e. The van der Waals surface area contributed by atoms with E-state index in [9.17, 15) is 9.50 Å². The number of nitrogens with one attached hydrogen (secondary N) is 1. The molecule has 0 amide bonds. The molecule has 6 nitrogen and oxygen atoms in total. The molecular formula is C28H28ClF2N5O. The van der Waals surface area contributed by atoms with Crippen molar-refractivity contribution in [1.82, 2.24) is 15.0 Å². The molecule has 2 N–H and O–H groups in total. The first-order valence-electron chi connectivity index (χ1n) is 12.2. The van der Waals surface area contributed by atoms with E-state index in [2.05, 4.69) is 20.3 Å². The predicted octanol–water partition coefficient (Wildman–Crippen LogP) is 6.39. The van der Waals surface area contributed by atoms with E-state index in [1.807, 2.05) is 25.7 Å². The summed E-state index contributed by atoms with van der Waals surface area (Å²) < 4.78 is 29.5. The summed E-state index contributed by atoms with van der Waals surface area (Å²) in [5.74, 6) is -0.117. The van der Waals surface area contributed by atoms with Gasteiger partial charge in [-0.3, -0.25) is 4.98 Å². The molecule has 0 spiro atoms. The molecule has 37 heavy (non-hydrogen) atoms. The highest BCUT2D eigenvalue weighted by Crippen LogP contribution is 2.37. The molecule has 0 bridgehead atoms. The second kappa shape index (κ2) is 9.84. The normalized spacial score (nSPS) is 16.8. The van der Waals surface area contributed by atoms with Crippen LogP contribution in [0.2, 0.25) is 5.02 Å². The lowest BCUT2D eigenvalue weighted by molar-refractivity contribution is 0.0263. The first-order chi connectivity index (χ1) is 17.6. The quantitative estimate of drug-likeness (QED) is 0.305. The Bertz CT molecular complexity index is 1440. The number of benzene rings is 2. The van der Waals surface area contributed by atoms with Gasteiger partial charge in [-0.2, -0.15) is 0 Å². The van der Waals surface area contributed by atoms with E-state index in [4.69, 9.17) is 11.6 Å². The van der Waals surface area contributed by atoms with Crippen LogP contribution in [0.5, 0.6) is 0 Å². The topological polar surface area (TPSA) is 74.2 Å². The lowest BCUT2D eigenvalue weighted by Gasteiger charge is -2.25. The molecule has 2 unspecified atom stereocenters. The monoisotopic (exact) mass is 523 g/mol. The van der Waals surface area contributed by atoms with Crippen LogP contribution in [0.1, 0.15) is 38.8 Å². The third-order valence-electron chi connectivity index (χ3n) is 7.06. The summed E-state index contributed by atoms with van der Waals surface area (Å²) in [7, 11) is 0. The molecule has 1 fully saturated rings. The second-order valence-electron chi connectivity index (χ2n) is 10.1. The Morgan fingerprint density at radius 1 is 1.08 bits per heavy atom. The summed E-state index contributed by atoms with van der Waals surface area (Å²) in [6, 6.07) is 9.14. The highest BCUT2D eigenvalue weighted by Gasteiger charge is 2.34. The number of aromatic nitrogens is 3. The van der Waals surface area contributed by atoms with Gasteiger partial charge in [0, 0.05) is 65.7 Å². The minimum Gasteiger partial charge on any atom is -0.390 e. The Hall–Kier alpha value is -3.36. The van der Waals surface area contributed by atoms with Crippen molar-refractivity contribution in [2.75, 3.05) is 23.3 Å². The number of rotatable bonds is 6. The molecule has 4 aromatic rings. The van der Waals surface area contributed by atoms with E-state index in [1.165, 1.54) is 18.3 Å². The van der Waals surface area contributed by atoms with Crippen molar-refractivity contribution < 1.29 is 13.9 Å². The molecule has 1 saturated heterocycles. The summed E-state index contributed by atoms with van der Waals surface area (Å²) >= 11 is 6.49. The van der Waals surface area contributed by atoms with Crippen LogP contribution in [0.3, 0.4) is 0 Å². The number of hydrogen-bond acceptors (Lipinski definition) is 6. The second-order valence-corrected chi connectivity index (χ2v) is 10.5. The number of nitrogens with zero attached hydrogens (tertiary/aromatic N) is 4. The Kier molecular flexibility index (Phi) is 6.72. The van der Waals surface area contributed by atoms with Crippen LogP contribution in [0.25, 0.3) is 22.0 Å². The molecule has 2 atom stereocenters. The fourth-order valence-electron chi connectivity index (χ4n) is 4.82. The lowest BCUT2D eigenvalue weighted by Crippen LogP contribution is -2.33. The van der Waals surface area contributed by atoms with Crippen LogP contribution in [0, 0.1) is 17.6 Å². The zero-order valence-electron chi connectivity index (χ0n) is 20.8. The van der Waals surface area contributed by atoms with Gasteiger partial charge in [0.25, 0.3) is 0 Å². The van der Waals surface area contributed by atoms with E-state index in [-0.39, 0.29) is 11.7 Å². The van der Waals surface area contributed by atoms with Crippen molar-refractivity contribution in [1.29, 1.82) is 0 Å². The van der Waals surface area contributed by atoms with Gasteiger partial charge in [-0.15, -0.1) is 0 Å². The van der Waals surface area contributed by atoms with E-state index >= 15 is 4.39 Å². The van der Waals surface area contributed by atoms with Gasteiger partial charge in [-0.1, -0.05) is 29.8 Å². The Morgan fingerprint density at radius 3 is 2.49 bits per heavy atom. The molecule has 9 heteroatoms. The number of halogens is 3. The number of pyridine rings is 1. The van der Waals surface area contributed by atoms with Crippen molar-refractivity contribution in [2.45, 2.75) is 38.8 Å². The molecule has 0 saturated carbocycles. The molecule has 5 rings (SSSR count). The largest absolute Gasteiger partial charge is 0.390 e. The number of aliphatic hydroxyl groups is 1. The third-order valence-corrected chi connectivity index (χ3v) is 7.35. The summed E-state index contributed by atoms with van der Waals surface area (Å²) in [5, 5.41) is 14.5. The zero-order chi connectivity index (χ0) is 26.3. The van der Waals surface area contributed by atoms with E-state index < -0.39 is 17.5 Å². The number of fused-ring (bicyclic) bond motifs is 1. The van der Waals surface area contributed by atoms with E-state index in [0.29, 0.717) is 50.8 Å². The summed E-state index contributed by atoms with van der Waals surface area (Å²) in [6.45, 7) is 6.87. The van der Waals surface area contributed by atoms with Crippen LogP contribution in [-0.4, -0.2) is 38.7 Å². The van der Waals surface area contributed by atoms with Gasteiger partial charge in [0.2, 0.25) is 5.95 Å². The Morgan fingerprint density at radius 2 is 1.81 bits per heavy atom. The lowest BCUT2D eigenvalue weighted by atomic mass is 9.91. The van der Waals surface area contributed by atoms with Crippen molar-refractivity contribution in [3.8, 4) is 11.1 Å². The van der Waals surface area contributed by atoms with E-state index in [1.54, 1.807) is 36.7 Å². The Balaban J connectivity index is 1.46. The fourth-order valence-corrected chi connectivity index (χ4v) is 5.02. The van der Waals surface area contributed by atoms with Gasteiger partial charge >= 0.3 is 0 Å². The molecule has 192 valence electrons. The zero-order valence-corrected chi connectivity index (χ0v) is 21.6. The molecule has 1 aliphatic heterocycles. The van der Waals surface area contributed by atoms with Gasteiger partial charge in [0.05, 0.1) is 27.9 Å². The van der Waals surface area contributed by atoms with Crippen molar-refractivity contribution in [3.63, 3.8) is 0 Å². The first kappa shape index (κ1) is 25.3. The van der Waals surface area contributed by atoms with Gasteiger partial charge < -0.3 is 15.3 Å². The van der Waals surface area contributed by atoms with Gasteiger partial charge in [-0.05, 0) is 39.3 Å². The number of hydrogen-bond donors (Lipinski definition) is 2. The van der Waals surface area contributed by atoms with Crippen LogP contribution in [0.15, 0.2) is 55.0 Å². The third kappa shape index (κ3) is 5.08. The smallest absolute Gasteiger partial charge is 0.225 e. The average Bonchev–Trinajstić information content (AvgIpc) is 3.37. The summed E-state index contributed by atoms with van der Waals surface area (Å²) in [4.78, 5) is 15.3. The molecule has 1 aliphatic rings. The molecule has 3 heterocycles. The SMILES string of the molecule is CC(Nc1c(Cl)cnc2cc(F)c(-c3cnc(N4CCC(C(C)(C)O)C4)nc3)cc12)c1ccccc1F. The highest BCUT2D eigenvalue weighted by molar-refractivity contribution is 6.34. The van der Waals surface area contributed by atoms with Crippen LogP contribution < -0.4 is 10.2 Å². The van der Waals surface area contributed by atoms with Crippen LogP contribution in [0.4, 0.5) is 20.4 Å². The summed E-state index contributed by atoms with van der Waals surface area (Å²) in [5.41, 5.74) is 1.49. The fraction of sp³-hybridized carbons (Fsp3) is 0.321. The molecule has 0 aliphatic carbocycles. The van der Waals surface area contributed by atoms with Gasteiger partial charge in [-0.25, -0.2) is 18.7 Å². The molecular weight excluding hydrogens is 496 g/mol. The first-order valence-corrected chi connectivity index (χ1v) is 12.6. The standard InChI is InChI=1S/C28H28ClF2N5O/c1-16(19-6-4-5-7-23(19)30)35-26-21-10-20(24(31)11-25(21)32-14-22(26)29)17-12-33-27(34-13-17)36-9-8-18(15-36)28(2,3)37/h4-7,10-14,16,18,37H,8-9,15H2,1-3H3,(H,32,35). The maximum atomic E-state index is 15.2. The van der Waals surface area contributed by atoms with Crippen LogP contribution in [-0.2, 0) is 0 Å². The summed E-state index contributed by atoms with van der Waals surface area (Å²) in [6.07, 6.45) is 5.49. The highest BCUT2D eigenvalue weighted by atomic mass is 35.5. The van der Waals surface area contributed by atoms with Crippen LogP contribution >= 0.6 is 11.6 Å². The van der Waals surface area contributed by atoms with Crippen molar-refractivity contribution in [3.05, 3.63) is 77.2 Å².